The second-order valence-electron chi connectivity index (χ2n) is 11.1. The third-order valence-electron chi connectivity index (χ3n) is 8.40. The van der Waals surface area contributed by atoms with Crippen molar-refractivity contribution in [3.8, 4) is 45.3 Å². The molecule has 0 aliphatic carbocycles. The van der Waals surface area contributed by atoms with Crippen molar-refractivity contribution in [2.24, 2.45) is 0 Å². The van der Waals surface area contributed by atoms with Crippen LogP contribution < -0.4 is 0 Å². The molecule has 9 rings (SSSR count). The number of hydrogen-bond acceptors (Lipinski definition) is 5. The number of furan rings is 1. The molecule has 0 saturated carbocycles. The molecule has 0 aliphatic heterocycles. The van der Waals surface area contributed by atoms with Gasteiger partial charge in [-0.15, -0.1) is 0 Å². The smallest absolute Gasteiger partial charge is 0.228 e. The third kappa shape index (κ3) is 4.33. The van der Waals surface area contributed by atoms with E-state index in [1.807, 2.05) is 36.4 Å². The van der Waals surface area contributed by atoms with Crippen molar-refractivity contribution in [3.05, 3.63) is 146 Å². The molecular weight excluding hydrogens is 552 g/mol. The first-order chi connectivity index (χ1) is 22.3. The van der Waals surface area contributed by atoms with Gasteiger partial charge in [-0.1, -0.05) is 121 Å². The predicted molar refractivity (Wildman–Crippen MR) is 182 cm³/mol. The number of benzene rings is 6. The number of aromatic nitrogens is 4. The molecule has 210 valence electrons. The lowest BCUT2D eigenvalue weighted by atomic mass is 10.0. The van der Waals surface area contributed by atoms with Gasteiger partial charge in [0.1, 0.15) is 5.58 Å². The molecule has 3 heterocycles. The van der Waals surface area contributed by atoms with Crippen molar-refractivity contribution in [1.29, 1.82) is 0 Å². The second-order valence-corrected chi connectivity index (χ2v) is 11.1. The Labute approximate surface area is 258 Å². The molecule has 5 nitrogen and oxygen atoms in total. The van der Waals surface area contributed by atoms with Crippen molar-refractivity contribution >= 4 is 43.6 Å². The summed E-state index contributed by atoms with van der Waals surface area (Å²) in [4.78, 5) is 19.8. The SMILES string of the molecule is c1ccc(-c2ccc(-c3nc(-c4ccc5ccccc5c4)nc(-c4ccnc5oc6c7ccccc7ccc6c45)n3)cc2)cc1. The highest BCUT2D eigenvalue weighted by atomic mass is 16.3. The average molecular weight is 577 g/mol. The van der Waals surface area contributed by atoms with E-state index in [0.717, 1.165) is 60.3 Å². The van der Waals surface area contributed by atoms with Gasteiger partial charge in [-0.2, -0.15) is 0 Å². The van der Waals surface area contributed by atoms with Gasteiger partial charge in [-0.05, 0) is 45.5 Å². The Morgan fingerprint density at radius 3 is 1.89 bits per heavy atom. The minimum Gasteiger partial charge on any atom is -0.437 e. The number of pyridine rings is 1. The summed E-state index contributed by atoms with van der Waals surface area (Å²) in [5.74, 6) is 1.78. The molecule has 0 bridgehead atoms. The maximum absolute atomic E-state index is 6.38. The van der Waals surface area contributed by atoms with Crippen LogP contribution in [0.25, 0.3) is 88.9 Å². The van der Waals surface area contributed by atoms with Crippen molar-refractivity contribution < 1.29 is 4.42 Å². The lowest BCUT2D eigenvalue weighted by molar-refractivity contribution is 0.657. The van der Waals surface area contributed by atoms with Gasteiger partial charge in [0.2, 0.25) is 5.71 Å². The maximum atomic E-state index is 6.38. The number of rotatable bonds is 4. The summed E-state index contributed by atoms with van der Waals surface area (Å²) in [7, 11) is 0. The molecule has 0 unspecified atom stereocenters. The van der Waals surface area contributed by atoms with E-state index in [2.05, 4.69) is 108 Å². The van der Waals surface area contributed by atoms with Crippen LogP contribution in [0.1, 0.15) is 0 Å². The minimum absolute atomic E-state index is 0.556. The topological polar surface area (TPSA) is 64.7 Å². The zero-order valence-corrected chi connectivity index (χ0v) is 24.1. The molecule has 0 N–H and O–H groups in total. The monoisotopic (exact) mass is 576 g/mol. The summed E-state index contributed by atoms with van der Waals surface area (Å²) in [6.45, 7) is 0. The molecular formula is C40H24N4O. The number of fused-ring (bicyclic) bond motifs is 6. The second kappa shape index (κ2) is 10.2. The summed E-state index contributed by atoms with van der Waals surface area (Å²) in [5, 5.41) is 6.33. The first-order valence-corrected chi connectivity index (χ1v) is 14.9. The van der Waals surface area contributed by atoms with Crippen molar-refractivity contribution in [3.63, 3.8) is 0 Å². The molecule has 3 aromatic heterocycles. The number of nitrogens with zero attached hydrogens (tertiary/aromatic N) is 4. The summed E-state index contributed by atoms with van der Waals surface area (Å²) in [6.07, 6.45) is 1.76. The lowest BCUT2D eigenvalue weighted by Crippen LogP contribution is -2.00. The molecule has 9 aromatic rings. The average Bonchev–Trinajstić information content (AvgIpc) is 3.51. The van der Waals surface area contributed by atoms with Gasteiger partial charge in [0.15, 0.2) is 17.5 Å². The Kier molecular flexibility index (Phi) is 5.74. The number of hydrogen-bond donors (Lipinski definition) is 0. The molecule has 0 amide bonds. The van der Waals surface area contributed by atoms with Gasteiger partial charge in [-0.3, -0.25) is 0 Å². The van der Waals surface area contributed by atoms with Gasteiger partial charge < -0.3 is 4.42 Å². The molecule has 0 saturated heterocycles. The first kappa shape index (κ1) is 25.3. The van der Waals surface area contributed by atoms with E-state index in [0.29, 0.717) is 23.2 Å². The minimum atomic E-state index is 0.556. The fourth-order valence-corrected chi connectivity index (χ4v) is 6.14. The Bertz CT molecular complexity index is 2540. The molecule has 6 aromatic carbocycles. The molecule has 0 spiro atoms. The Morgan fingerprint density at radius 1 is 0.422 bits per heavy atom. The van der Waals surface area contributed by atoms with E-state index in [-0.39, 0.29) is 0 Å². The Balaban J connectivity index is 1.27. The standard InChI is InChI=1S/C40H24N4O/c1-2-8-25(9-3-1)27-14-17-29(18-15-27)37-42-38(31-19-16-26-10-4-5-12-30(26)24-31)44-39(43-37)34-22-23-41-40-35(34)33-21-20-28-11-6-7-13-32(28)36(33)45-40/h1-24H. The molecule has 0 atom stereocenters. The van der Waals surface area contributed by atoms with E-state index in [1.165, 1.54) is 5.39 Å². The van der Waals surface area contributed by atoms with E-state index >= 15 is 0 Å². The summed E-state index contributed by atoms with van der Waals surface area (Å²) >= 11 is 0. The predicted octanol–water partition coefficient (Wildman–Crippen LogP) is 10.1. The van der Waals surface area contributed by atoms with Crippen molar-refractivity contribution in [1.82, 2.24) is 19.9 Å². The van der Waals surface area contributed by atoms with Gasteiger partial charge in [0, 0.05) is 33.7 Å². The highest BCUT2D eigenvalue weighted by Crippen LogP contribution is 2.38. The van der Waals surface area contributed by atoms with Crippen LogP contribution in [0, 0.1) is 0 Å². The van der Waals surface area contributed by atoms with Gasteiger partial charge in [-0.25, -0.2) is 19.9 Å². The fraction of sp³-hybridized carbons (Fsp3) is 0. The van der Waals surface area contributed by atoms with E-state index in [1.54, 1.807) is 6.20 Å². The van der Waals surface area contributed by atoms with Crippen LogP contribution in [0.5, 0.6) is 0 Å². The van der Waals surface area contributed by atoms with Gasteiger partial charge >= 0.3 is 0 Å². The molecule has 0 aliphatic rings. The Morgan fingerprint density at radius 2 is 1.04 bits per heavy atom. The first-order valence-electron chi connectivity index (χ1n) is 14.9. The van der Waals surface area contributed by atoms with Crippen molar-refractivity contribution in [2.75, 3.05) is 0 Å². The van der Waals surface area contributed by atoms with Crippen LogP contribution in [0.4, 0.5) is 0 Å². The van der Waals surface area contributed by atoms with Crippen LogP contribution in [0.2, 0.25) is 0 Å². The zero-order valence-electron chi connectivity index (χ0n) is 24.1. The van der Waals surface area contributed by atoms with Crippen molar-refractivity contribution in [2.45, 2.75) is 0 Å². The van der Waals surface area contributed by atoms with E-state index in [4.69, 9.17) is 19.4 Å². The lowest BCUT2D eigenvalue weighted by Gasteiger charge is -2.10. The quantitative estimate of drug-likeness (QED) is 0.209. The molecule has 0 radical (unpaired) electrons. The van der Waals surface area contributed by atoms with Crippen LogP contribution in [-0.4, -0.2) is 19.9 Å². The highest BCUT2D eigenvalue weighted by Gasteiger charge is 2.19. The summed E-state index contributed by atoms with van der Waals surface area (Å²) in [5.41, 5.74) is 6.35. The van der Waals surface area contributed by atoms with Gasteiger partial charge in [0.25, 0.3) is 0 Å². The van der Waals surface area contributed by atoms with Crippen LogP contribution in [0.15, 0.2) is 150 Å². The fourth-order valence-electron chi connectivity index (χ4n) is 6.14. The van der Waals surface area contributed by atoms with E-state index in [9.17, 15) is 0 Å². The van der Waals surface area contributed by atoms with Crippen LogP contribution >= 0.6 is 0 Å². The third-order valence-corrected chi connectivity index (χ3v) is 8.40. The molecule has 5 heteroatoms. The molecule has 45 heavy (non-hydrogen) atoms. The van der Waals surface area contributed by atoms with Crippen LogP contribution in [0.3, 0.4) is 0 Å². The summed E-state index contributed by atoms with van der Waals surface area (Å²) in [6, 6.07) is 47.8. The zero-order chi connectivity index (χ0) is 29.7. The largest absolute Gasteiger partial charge is 0.437 e. The maximum Gasteiger partial charge on any atom is 0.228 e. The van der Waals surface area contributed by atoms with Crippen LogP contribution in [-0.2, 0) is 0 Å². The Hall–Kier alpha value is -6.20. The summed E-state index contributed by atoms with van der Waals surface area (Å²) < 4.78 is 6.38. The normalized spacial score (nSPS) is 11.6. The molecule has 0 fully saturated rings. The highest BCUT2D eigenvalue weighted by molar-refractivity contribution is 6.17. The van der Waals surface area contributed by atoms with Gasteiger partial charge in [0.05, 0.1) is 5.39 Å². The van der Waals surface area contributed by atoms with E-state index < -0.39 is 0 Å².